The van der Waals surface area contributed by atoms with E-state index in [1.165, 1.54) is 12.1 Å². The van der Waals surface area contributed by atoms with Crippen LogP contribution in [0.4, 0.5) is 5.69 Å². The molecule has 0 aliphatic heterocycles. The van der Waals surface area contributed by atoms with Gasteiger partial charge in [0.1, 0.15) is 0 Å². The summed E-state index contributed by atoms with van der Waals surface area (Å²) in [5.41, 5.74) is -0.275. The van der Waals surface area contributed by atoms with Crippen molar-refractivity contribution in [2.45, 2.75) is 9.79 Å². The Morgan fingerprint density at radius 3 is 2.50 bits per heavy atom. The van der Waals surface area contributed by atoms with Crippen LogP contribution in [-0.2, 0) is 11.1 Å². The fraction of sp³-hybridized carbons (Fsp3) is 0. The largest absolute Gasteiger partial charge is 1.00 e. The SMILES string of the molecule is O=[N+]([O-])c1cc(S(=O)O)ccc1S.[Na+]. The Kier molecular flexibility index (Phi) is 5.87. The molecule has 1 atom stereocenters. The van der Waals surface area contributed by atoms with Crippen LogP contribution in [0.15, 0.2) is 28.0 Å². The van der Waals surface area contributed by atoms with E-state index in [1.807, 2.05) is 0 Å². The van der Waals surface area contributed by atoms with Gasteiger partial charge in [0.25, 0.3) is 5.69 Å². The van der Waals surface area contributed by atoms with Gasteiger partial charge in [0.05, 0.1) is 14.7 Å². The van der Waals surface area contributed by atoms with Crippen molar-refractivity contribution >= 4 is 29.4 Å². The Bertz CT molecular complexity index is 384. The number of nitrogens with zero attached hydrogens (tertiary/aromatic N) is 1. The molecule has 1 aromatic carbocycles. The molecule has 70 valence electrons. The van der Waals surface area contributed by atoms with Gasteiger partial charge in [-0.15, -0.1) is 12.6 Å². The van der Waals surface area contributed by atoms with Crippen molar-refractivity contribution < 1.29 is 43.2 Å². The van der Waals surface area contributed by atoms with Crippen LogP contribution in [0.2, 0.25) is 0 Å². The van der Waals surface area contributed by atoms with Gasteiger partial charge in [0.2, 0.25) is 0 Å². The average molecular weight is 242 g/mol. The average Bonchev–Trinajstić information content (AvgIpc) is 2.04. The molecule has 0 bridgehead atoms. The van der Waals surface area contributed by atoms with Crippen LogP contribution < -0.4 is 29.6 Å². The van der Waals surface area contributed by atoms with Crippen molar-refractivity contribution in [2.24, 2.45) is 0 Å². The first-order valence-corrected chi connectivity index (χ1v) is 4.66. The van der Waals surface area contributed by atoms with E-state index in [0.29, 0.717) is 0 Å². The minimum Gasteiger partial charge on any atom is -0.302 e. The van der Waals surface area contributed by atoms with Crippen LogP contribution in [0, 0.1) is 10.1 Å². The monoisotopic (exact) mass is 242 g/mol. The van der Waals surface area contributed by atoms with Gasteiger partial charge < -0.3 is 4.55 Å². The smallest absolute Gasteiger partial charge is 0.302 e. The fourth-order valence-corrected chi connectivity index (χ4v) is 1.38. The van der Waals surface area contributed by atoms with Crippen molar-refractivity contribution in [1.29, 1.82) is 0 Å². The number of nitro benzene ring substituents is 1. The van der Waals surface area contributed by atoms with Crippen LogP contribution in [0.5, 0.6) is 0 Å². The zero-order chi connectivity index (χ0) is 10.0. The summed E-state index contributed by atoms with van der Waals surface area (Å²) < 4.78 is 19.2. The number of thiol groups is 1. The quantitative estimate of drug-likeness (QED) is 0.217. The first-order chi connectivity index (χ1) is 6.02. The van der Waals surface area contributed by atoms with Gasteiger partial charge >= 0.3 is 29.6 Å². The van der Waals surface area contributed by atoms with Crippen LogP contribution in [0.1, 0.15) is 0 Å². The summed E-state index contributed by atoms with van der Waals surface area (Å²) in [7, 11) is 0. The Labute approximate surface area is 110 Å². The minimum atomic E-state index is -2.20. The van der Waals surface area contributed by atoms with Crippen LogP contribution in [0.3, 0.4) is 0 Å². The summed E-state index contributed by atoms with van der Waals surface area (Å²) in [6.07, 6.45) is 0. The van der Waals surface area contributed by atoms with Gasteiger partial charge in [-0.25, -0.2) is 4.21 Å². The van der Waals surface area contributed by atoms with Gasteiger partial charge in [0.15, 0.2) is 11.1 Å². The van der Waals surface area contributed by atoms with E-state index in [0.717, 1.165) is 6.07 Å². The van der Waals surface area contributed by atoms with Crippen LogP contribution >= 0.6 is 12.6 Å². The topological polar surface area (TPSA) is 80.4 Å². The molecule has 0 fully saturated rings. The van der Waals surface area contributed by atoms with Crippen molar-refractivity contribution in [2.75, 3.05) is 0 Å². The number of rotatable bonds is 2. The maximum Gasteiger partial charge on any atom is 1.00 e. The third-order valence-corrected chi connectivity index (χ3v) is 2.38. The third kappa shape index (κ3) is 3.34. The molecule has 0 heterocycles. The van der Waals surface area contributed by atoms with Crippen molar-refractivity contribution in [3.8, 4) is 0 Å². The second-order valence-corrected chi connectivity index (χ2v) is 3.61. The molecule has 0 spiro atoms. The molecule has 1 rings (SSSR count). The number of hydrogen-bond acceptors (Lipinski definition) is 4. The summed E-state index contributed by atoms with van der Waals surface area (Å²) in [6, 6.07) is 3.65. The van der Waals surface area contributed by atoms with Crippen LogP contribution in [-0.4, -0.2) is 13.7 Å². The molecule has 1 N–H and O–H groups in total. The van der Waals surface area contributed by atoms with Gasteiger partial charge in [0, 0.05) is 6.07 Å². The van der Waals surface area contributed by atoms with E-state index in [-0.39, 0.29) is 45.0 Å². The molecule has 0 saturated heterocycles. The minimum absolute atomic E-state index is 0. The number of nitro groups is 1. The van der Waals surface area contributed by atoms with E-state index < -0.39 is 16.0 Å². The van der Waals surface area contributed by atoms with E-state index in [2.05, 4.69) is 12.6 Å². The van der Waals surface area contributed by atoms with E-state index >= 15 is 0 Å². The van der Waals surface area contributed by atoms with Crippen molar-refractivity contribution in [3.05, 3.63) is 28.3 Å². The fourth-order valence-electron chi connectivity index (χ4n) is 0.758. The molecule has 0 radical (unpaired) electrons. The molecule has 0 aromatic heterocycles. The second-order valence-electron chi connectivity index (χ2n) is 2.16. The predicted octanol–water partition coefficient (Wildman–Crippen LogP) is -1.53. The van der Waals surface area contributed by atoms with E-state index in [1.54, 1.807) is 0 Å². The molecule has 8 heteroatoms. The predicted molar refractivity (Wildman–Crippen MR) is 49.4 cm³/mol. The van der Waals surface area contributed by atoms with Gasteiger partial charge in [-0.1, -0.05) is 0 Å². The second kappa shape index (κ2) is 5.84. The van der Waals surface area contributed by atoms with Gasteiger partial charge in [-0.2, -0.15) is 0 Å². The number of benzene rings is 1. The Hall–Kier alpha value is 0.0800. The molecule has 14 heavy (non-hydrogen) atoms. The standard InChI is InChI=1S/C6H5NO4S2.Na/c8-7(9)5-3-4(13(10)11)1-2-6(5)12;/h1-3,12H,(H,10,11);/q;+1. The summed E-state index contributed by atoms with van der Waals surface area (Å²) in [4.78, 5) is 9.87. The molecule has 1 unspecified atom stereocenters. The number of hydrogen-bond donors (Lipinski definition) is 2. The molecular weight excluding hydrogens is 237 g/mol. The summed E-state index contributed by atoms with van der Waals surface area (Å²) in [5, 5.41) is 10.4. The first-order valence-electron chi connectivity index (χ1n) is 3.10. The van der Waals surface area contributed by atoms with Crippen LogP contribution in [0.25, 0.3) is 0 Å². The maximum absolute atomic E-state index is 10.6. The molecule has 0 amide bonds. The first kappa shape index (κ1) is 14.1. The van der Waals surface area contributed by atoms with Crippen molar-refractivity contribution in [3.63, 3.8) is 0 Å². The normalized spacial score (nSPS) is 11.6. The zero-order valence-corrected chi connectivity index (χ0v) is 10.9. The maximum atomic E-state index is 10.6. The molecule has 0 aliphatic carbocycles. The Morgan fingerprint density at radius 1 is 1.50 bits per heavy atom. The molecular formula is C6H5NNaO4S2+. The Morgan fingerprint density at radius 2 is 2.07 bits per heavy atom. The Balaban J connectivity index is 0.00000169. The molecule has 0 saturated carbocycles. The van der Waals surface area contributed by atoms with E-state index in [9.17, 15) is 14.3 Å². The summed E-state index contributed by atoms with van der Waals surface area (Å²) >= 11 is 1.63. The molecule has 0 aliphatic rings. The summed E-state index contributed by atoms with van der Waals surface area (Å²) in [5.74, 6) is 0. The van der Waals surface area contributed by atoms with E-state index in [4.69, 9.17) is 4.55 Å². The molecule has 1 aromatic rings. The summed E-state index contributed by atoms with van der Waals surface area (Å²) in [6.45, 7) is 0. The molecule has 5 nitrogen and oxygen atoms in total. The zero-order valence-electron chi connectivity index (χ0n) is 7.21. The van der Waals surface area contributed by atoms with Gasteiger partial charge in [-0.3, -0.25) is 10.1 Å². The van der Waals surface area contributed by atoms with Gasteiger partial charge in [-0.05, 0) is 12.1 Å². The third-order valence-electron chi connectivity index (χ3n) is 1.35. The van der Waals surface area contributed by atoms with Crippen molar-refractivity contribution in [1.82, 2.24) is 0 Å².